The van der Waals surface area contributed by atoms with Crippen molar-refractivity contribution >= 4 is 17.6 Å². The number of nitrogen functional groups attached to an aromatic ring is 1. The van der Waals surface area contributed by atoms with Crippen molar-refractivity contribution in [2.75, 3.05) is 19.8 Å². The summed E-state index contributed by atoms with van der Waals surface area (Å²) in [5, 5.41) is 6.43. The van der Waals surface area contributed by atoms with Gasteiger partial charge in [0.15, 0.2) is 0 Å². The van der Waals surface area contributed by atoms with Gasteiger partial charge in [0.05, 0.1) is 6.20 Å². The molecule has 1 aromatic heterocycles. The first-order valence-corrected chi connectivity index (χ1v) is 5.14. The first-order chi connectivity index (χ1) is 7.84. The van der Waals surface area contributed by atoms with E-state index < -0.39 is 11.9 Å². The van der Waals surface area contributed by atoms with Crippen LogP contribution in [-0.4, -0.2) is 46.6 Å². The molecular weight excluding hydrogens is 222 g/mol. The monoisotopic (exact) mass is 239 g/mol. The summed E-state index contributed by atoms with van der Waals surface area (Å²) in [4.78, 5) is 24.8. The summed E-state index contributed by atoms with van der Waals surface area (Å²) >= 11 is 0. The summed E-state index contributed by atoms with van der Waals surface area (Å²) < 4.78 is 1.40. The molecule has 7 heteroatoms. The predicted octanol–water partition coefficient (Wildman–Crippen LogP) is -0.791. The van der Waals surface area contributed by atoms with Gasteiger partial charge in [-0.2, -0.15) is 5.10 Å². The largest absolute Gasteiger partial charge is 0.383 e. The maximum atomic E-state index is 11.8. The first kappa shape index (κ1) is 13.0. The zero-order valence-corrected chi connectivity index (χ0v) is 10.4. The second-order valence-electron chi connectivity index (χ2n) is 3.99. The lowest BCUT2D eigenvalue weighted by molar-refractivity contribution is -0.130. The number of carbonyl (C=O) groups is 2. The summed E-state index contributed by atoms with van der Waals surface area (Å²) in [6.07, 6.45) is 1.37. The summed E-state index contributed by atoms with van der Waals surface area (Å²) in [6.45, 7) is 1.62. The Bertz CT molecular complexity index is 438. The van der Waals surface area contributed by atoms with E-state index in [0.29, 0.717) is 0 Å². The van der Waals surface area contributed by atoms with E-state index in [1.54, 1.807) is 28.1 Å². The number of carbonyl (C=O) groups excluding carboxylic acids is 2. The normalized spacial score (nSPS) is 12.0. The van der Waals surface area contributed by atoms with Crippen LogP contribution in [0, 0.1) is 0 Å². The highest BCUT2D eigenvalue weighted by atomic mass is 16.2. The van der Waals surface area contributed by atoms with Crippen molar-refractivity contribution in [3.8, 4) is 0 Å². The highest BCUT2D eigenvalue weighted by Crippen LogP contribution is 2.09. The molecule has 0 aromatic carbocycles. The number of nitrogens with one attached hydrogen (secondary N) is 1. The Balaban J connectivity index is 2.74. The van der Waals surface area contributed by atoms with E-state index >= 15 is 0 Å². The van der Waals surface area contributed by atoms with Crippen LogP contribution in [0.2, 0.25) is 0 Å². The molecule has 94 valence electrons. The highest BCUT2D eigenvalue weighted by molar-refractivity contribution is 6.00. The van der Waals surface area contributed by atoms with Gasteiger partial charge < -0.3 is 16.0 Å². The topological polar surface area (TPSA) is 93.2 Å². The average molecular weight is 239 g/mol. The molecule has 1 heterocycles. The van der Waals surface area contributed by atoms with Gasteiger partial charge in [0.1, 0.15) is 17.4 Å². The summed E-state index contributed by atoms with van der Waals surface area (Å²) in [6, 6.07) is -0.600. The molecule has 0 saturated heterocycles. The minimum absolute atomic E-state index is 0.180. The van der Waals surface area contributed by atoms with Gasteiger partial charge in [-0.15, -0.1) is 0 Å². The van der Waals surface area contributed by atoms with Gasteiger partial charge in [-0.3, -0.25) is 14.3 Å². The second kappa shape index (κ2) is 4.86. The molecule has 0 bridgehead atoms. The van der Waals surface area contributed by atoms with Gasteiger partial charge in [0, 0.05) is 21.1 Å². The quantitative estimate of drug-likeness (QED) is 0.722. The Kier molecular flexibility index (Phi) is 3.72. The molecule has 0 aliphatic heterocycles. The van der Waals surface area contributed by atoms with E-state index in [0.717, 1.165) is 0 Å². The van der Waals surface area contributed by atoms with E-state index in [1.165, 1.54) is 15.8 Å². The third kappa shape index (κ3) is 2.74. The standard InChI is InChI=1S/C10H17N5O2/c1-6(10(17)14(2)3)13-9(16)7-5-12-15(4)8(7)11/h5-6H,11H2,1-4H3,(H,13,16). The molecule has 1 rings (SSSR count). The summed E-state index contributed by atoms with van der Waals surface area (Å²) in [7, 11) is 4.90. The number of rotatable bonds is 3. The third-order valence-corrected chi connectivity index (χ3v) is 2.39. The fourth-order valence-electron chi connectivity index (χ4n) is 1.35. The molecule has 0 saturated carbocycles. The third-order valence-electron chi connectivity index (χ3n) is 2.39. The lowest BCUT2D eigenvalue weighted by Gasteiger charge is -2.17. The minimum Gasteiger partial charge on any atom is -0.383 e. The van der Waals surface area contributed by atoms with E-state index in [1.807, 2.05) is 0 Å². The number of amides is 2. The molecule has 17 heavy (non-hydrogen) atoms. The van der Waals surface area contributed by atoms with Crippen LogP contribution < -0.4 is 11.1 Å². The van der Waals surface area contributed by atoms with Crippen molar-refractivity contribution in [3.05, 3.63) is 11.8 Å². The van der Waals surface area contributed by atoms with Crippen molar-refractivity contribution in [1.82, 2.24) is 20.0 Å². The number of aryl methyl sites for hydroxylation is 1. The Labute approximate surface area is 99.6 Å². The summed E-state index contributed by atoms with van der Waals surface area (Å²) in [5.74, 6) is -0.314. The molecule has 0 aliphatic carbocycles. The number of nitrogens with two attached hydrogens (primary N) is 1. The zero-order chi connectivity index (χ0) is 13.2. The Hall–Kier alpha value is -2.05. The van der Waals surface area contributed by atoms with Crippen molar-refractivity contribution in [1.29, 1.82) is 0 Å². The van der Waals surface area contributed by atoms with E-state index in [4.69, 9.17) is 5.73 Å². The molecule has 0 spiro atoms. The average Bonchev–Trinajstić information content (AvgIpc) is 2.58. The van der Waals surface area contributed by atoms with Crippen molar-refractivity contribution < 1.29 is 9.59 Å². The summed E-state index contributed by atoms with van der Waals surface area (Å²) in [5.41, 5.74) is 5.93. The van der Waals surface area contributed by atoms with Crippen LogP contribution >= 0.6 is 0 Å². The van der Waals surface area contributed by atoms with Crippen LogP contribution in [0.3, 0.4) is 0 Å². The predicted molar refractivity (Wildman–Crippen MR) is 63.2 cm³/mol. The molecule has 0 aliphatic rings. The first-order valence-electron chi connectivity index (χ1n) is 5.14. The number of anilines is 1. The van der Waals surface area contributed by atoms with Crippen molar-refractivity contribution in [3.63, 3.8) is 0 Å². The second-order valence-corrected chi connectivity index (χ2v) is 3.99. The number of hydrogen-bond donors (Lipinski definition) is 2. The molecule has 1 aromatic rings. The van der Waals surface area contributed by atoms with Gasteiger partial charge in [-0.1, -0.05) is 0 Å². The Morgan fingerprint density at radius 3 is 2.53 bits per heavy atom. The minimum atomic E-state index is -0.600. The van der Waals surface area contributed by atoms with Crippen LogP contribution in [0.1, 0.15) is 17.3 Å². The fourth-order valence-corrected chi connectivity index (χ4v) is 1.35. The van der Waals surface area contributed by atoms with Crippen molar-refractivity contribution in [2.24, 2.45) is 7.05 Å². The fraction of sp³-hybridized carbons (Fsp3) is 0.500. The SMILES string of the molecule is CC(NC(=O)c1cnn(C)c1N)C(=O)N(C)C. The Morgan fingerprint density at radius 1 is 1.53 bits per heavy atom. The lowest BCUT2D eigenvalue weighted by Crippen LogP contribution is -2.44. The highest BCUT2D eigenvalue weighted by Gasteiger charge is 2.20. The van der Waals surface area contributed by atoms with E-state index in [-0.39, 0.29) is 17.3 Å². The molecular formula is C10H17N5O2. The maximum Gasteiger partial charge on any atom is 0.257 e. The zero-order valence-electron chi connectivity index (χ0n) is 10.4. The van der Waals surface area contributed by atoms with Crippen LogP contribution in [-0.2, 0) is 11.8 Å². The van der Waals surface area contributed by atoms with Crippen LogP contribution in [0.4, 0.5) is 5.82 Å². The molecule has 1 unspecified atom stereocenters. The van der Waals surface area contributed by atoms with Crippen molar-refractivity contribution in [2.45, 2.75) is 13.0 Å². The van der Waals surface area contributed by atoms with Gasteiger partial charge >= 0.3 is 0 Å². The van der Waals surface area contributed by atoms with Gasteiger partial charge in [0.2, 0.25) is 5.91 Å². The molecule has 3 N–H and O–H groups in total. The molecule has 1 atom stereocenters. The van der Waals surface area contributed by atoms with Gasteiger partial charge in [0.25, 0.3) is 5.91 Å². The van der Waals surface area contributed by atoms with E-state index in [9.17, 15) is 9.59 Å². The number of likely N-dealkylation sites (N-methyl/N-ethyl adjacent to an activating group) is 1. The Morgan fingerprint density at radius 2 is 2.12 bits per heavy atom. The number of nitrogens with zero attached hydrogens (tertiary/aromatic N) is 3. The van der Waals surface area contributed by atoms with Gasteiger partial charge in [-0.25, -0.2) is 0 Å². The number of aromatic nitrogens is 2. The maximum absolute atomic E-state index is 11.8. The molecule has 0 fully saturated rings. The van der Waals surface area contributed by atoms with Crippen LogP contribution in [0.5, 0.6) is 0 Å². The molecule has 0 radical (unpaired) electrons. The molecule has 7 nitrogen and oxygen atoms in total. The van der Waals surface area contributed by atoms with Crippen LogP contribution in [0.25, 0.3) is 0 Å². The number of hydrogen-bond acceptors (Lipinski definition) is 4. The van der Waals surface area contributed by atoms with E-state index in [2.05, 4.69) is 10.4 Å². The molecule has 2 amide bonds. The van der Waals surface area contributed by atoms with Gasteiger partial charge in [-0.05, 0) is 6.92 Å². The lowest BCUT2D eigenvalue weighted by atomic mass is 10.2. The smallest absolute Gasteiger partial charge is 0.257 e. The van der Waals surface area contributed by atoms with Crippen LogP contribution in [0.15, 0.2) is 6.20 Å².